The van der Waals surface area contributed by atoms with Gasteiger partial charge in [-0.2, -0.15) is 0 Å². The number of esters is 1. The van der Waals surface area contributed by atoms with Crippen molar-refractivity contribution in [1.82, 2.24) is 0 Å². The summed E-state index contributed by atoms with van der Waals surface area (Å²) in [5.41, 5.74) is -3.82. The molecular weight excluding hydrogens is 905 g/mol. The lowest BCUT2D eigenvalue weighted by molar-refractivity contribution is -0.341. The predicted molar refractivity (Wildman–Crippen MR) is 269 cm³/mol. The van der Waals surface area contributed by atoms with E-state index in [1.54, 1.807) is 45.6 Å². The summed E-state index contributed by atoms with van der Waals surface area (Å²) >= 11 is 0. The van der Waals surface area contributed by atoms with Crippen LogP contribution in [0.2, 0.25) is 46.3 Å². The van der Waals surface area contributed by atoms with Crippen LogP contribution in [0.1, 0.15) is 134 Å². The molecule has 1 aliphatic heterocycles. The Morgan fingerprint density at radius 1 is 0.758 bits per heavy atom. The summed E-state index contributed by atoms with van der Waals surface area (Å²) in [6.45, 7) is 37.9. The maximum absolute atomic E-state index is 17.2. The highest BCUT2D eigenvalue weighted by Gasteiger charge is 2.78. The summed E-state index contributed by atoms with van der Waals surface area (Å²) in [4.78, 5) is 32.2. The summed E-state index contributed by atoms with van der Waals surface area (Å²) in [7, 11) is -6.50. The number of benzene rings is 1. The number of carbonyl (C=O) groups excluding carboxylic acids is 2. The van der Waals surface area contributed by atoms with Gasteiger partial charge in [0.25, 0.3) is 0 Å². The number of rotatable bonds is 19. The second-order valence-corrected chi connectivity index (χ2v) is 38.3. The van der Waals surface area contributed by atoms with Crippen molar-refractivity contribution >= 4 is 46.5 Å². The third kappa shape index (κ3) is 8.66. The molecule has 2 saturated carbocycles. The minimum Gasteiger partial charge on any atom is -0.455 e. The van der Waals surface area contributed by atoms with Gasteiger partial charge in [-0.25, -0.2) is 4.79 Å². The van der Waals surface area contributed by atoms with Crippen LogP contribution in [0.3, 0.4) is 0 Å². The first-order chi connectivity index (χ1) is 30.5. The van der Waals surface area contributed by atoms with Gasteiger partial charge in [-0.1, -0.05) is 115 Å². The Kier molecular flexibility index (Phi) is 16.8. The largest absolute Gasteiger partial charge is 0.455 e. The zero-order valence-corrected chi connectivity index (χ0v) is 48.6. The molecule has 3 aliphatic carbocycles. The molecule has 0 radical (unpaired) electrons. The summed E-state index contributed by atoms with van der Waals surface area (Å²) in [5, 5.41) is 13.6. The Morgan fingerprint density at radius 2 is 1.23 bits per heavy atom. The molecule has 1 aromatic rings. The van der Waals surface area contributed by atoms with E-state index in [4.69, 9.17) is 40.5 Å². The Morgan fingerprint density at radius 3 is 1.65 bits per heavy atom. The smallest absolute Gasteiger partial charge is 0.344 e. The molecule has 2 bridgehead atoms. The number of ketones is 1. The van der Waals surface area contributed by atoms with Gasteiger partial charge in [0.2, 0.25) is 0 Å². The molecule has 0 amide bonds. The van der Waals surface area contributed by atoms with E-state index in [1.165, 1.54) is 0 Å². The minimum atomic E-state index is -3.30. The van der Waals surface area contributed by atoms with E-state index in [1.807, 2.05) is 13.0 Å². The Bertz CT molecular complexity index is 1880. The van der Waals surface area contributed by atoms with Crippen molar-refractivity contribution in [3.63, 3.8) is 0 Å². The summed E-state index contributed by atoms with van der Waals surface area (Å²) in [6.07, 6.45) is -4.20. The molecule has 5 rings (SSSR count). The number of fused-ring (bicyclic) bond motifs is 5. The van der Waals surface area contributed by atoms with Crippen LogP contribution in [0, 0.1) is 16.7 Å². The van der Waals surface area contributed by atoms with Crippen LogP contribution in [0.4, 0.5) is 0 Å². The molecule has 0 aromatic heterocycles. The van der Waals surface area contributed by atoms with Gasteiger partial charge in [0.1, 0.15) is 23.4 Å². The Hall–Kier alpha value is -1.39. The number of aliphatic hydroxyl groups is 1. The van der Waals surface area contributed by atoms with E-state index >= 15 is 9.59 Å². The highest BCUT2D eigenvalue weighted by Crippen LogP contribution is 2.66. The lowest BCUT2D eigenvalue weighted by Crippen LogP contribution is -2.82. The predicted octanol–water partition coefficient (Wildman–Crippen LogP) is 10.3. The topological polar surface area (TPSA) is 137 Å². The molecule has 1 unspecified atom stereocenters. The van der Waals surface area contributed by atoms with Crippen LogP contribution in [-0.4, -0.2) is 121 Å². The van der Waals surface area contributed by atoms with Crippen molar-refractivity contribution in [1.29, 1.82) is 0 Å². The van der Waals surface area contributed by atoms with Crippen LogP contribution in [0.15, 0.2) is 41.5 Å². The zero-order valence-electron chi connectivity index (χ0n) is 44.5. The third-order valence-corrected chi connectivity index (χ3v) is 31.1. The molecule has 1 saturated heterocycles. The number of Topliss-reactive ketones (excluding diaryl/α,β-unsaturated/α-hetero) is 1. The normalized spacial score (nSPS) is 31.7. The van der Waals surface area contributed by atoms with Gasteiger partial charge in [0, 0.05) is 45.5 Å². The van der Waals surface area contributed by atoms with Crippen LogP contribution in [0.5, 0.6) is 0 Å². The van der Waals surface area contributed by atoms with Crippen molar-refractivity contribution in [2.75, 3.05) is 27.9 Å². The van der Waals surface area contributed by atoms with E-state index in [-0.39, 0.29) is 58.5 Å². The molecular formula is C50H88O12Si4. The highest BCUT2D eigenvalue weighted by molar-refractivity contribution is 6.71. The molecule has 4 aliphatic rings. The molecule has 12 nitrogen and oxygen atoms in total. The molecule has 1 N–H and O–H groups in total. The molecule has 3 fully saturated rings. The fourth-order valence-corrected chi connectivity index (χ4v) is 25.5. The zero-order chi connectivity index (χ0) is 49.9. The van der Waals surface area contributed by atoms with Crippen LogP contribution < -0.4 is 0 Å². The van der Waals surface area contributed by atoms with Gasteiger partial charge in [-0.15, -0.1) is 0 Å². The van der Waals surface area contributed by atoms with E-state index < -0.39 is 99.2 Å². The van der Waals surface area contributed by atoms with E-state index in [2.05, 4.69) is 117 Å². The van der Waals surface area contributed by atoms with Gasteiger partial charge >= 0.3 is 31.7 Å². The standard InChI is InChI=1S/C50H88O12Si4/c1-30(2)64(54-17,31(3)4)59-38-28-50(62-63(20)21)45(58-46(52)37-25-23-22-24-26-37)43-48(16,39(27-40-49(43,53)29-57-40)60-65(55-18,32(5)6)33(7)8)44(51)42(41(36(38)13)47(50,14)15)61-66(56-19,34(9)10)35(11)12/h22-26,30-35,38-40,42-43,45,53,63H,27-29H2,1-21H3/t38-,39-,40+,42+,43?,45-,48+,49-,50+/m0/s1. The molecule has 1 aromatic carbocycles. The van der Waals surface area contributed by atoms with E-state index in [9.17, 15) is 5.11 Å². The van der Waals surface area contributed by atoms with Crippen molar-refractivity contribution in [2.45, 2.75) is 212 Å². The molecule has 1 heterocycles. The molecule has 376 valence electrons. The first kappa shape index (κ1) is 55.5. The highest BCUT2D eigenvalue weighted by atomic mass is 28.4. The van der Waals surface area contributed by atoms with Crippen molar-refractivity contribution in [2.24, 2.45) is 16.7 Å². The van der Waals surface area contributed by atoms with E-state index in [0.29, 0.717) is 5.56 Å². The van der Waals surface area contributed by atoms with Gasteiger partial charge in [-0.3, -0.25) is 4.79 Å². The Labute approximate surface area is 403 Å². The average molecular weight is 994 g/mol. The number of hydrogen-bond donors (Lipinski definition) is 1. The van der Waals surface area contributed by atoms with Crippen molar-refractivity contribution in [3.8, 4) is 0 Å². The molecule has 9 atom stereocenters. The fourth-order valence-electron chi connectivity index (χ4n) is 13.3. The second-order valence-electron chi connectivity index (χ2n) is 22.7. The summed E-state index contributed by atoms with van der Waals surface area (Å²) < 4.78 is 64.0. The summed E-state index contributed by atoms with van der Waals surface area (Å²) in [6, 6.07) is 8.93. The second kappa shape index (κ2) is 20.0. The molecule has 16 heteroatoms. The maximum Gasteiger partial charge on any atom is 0.344 e. The van der Waals surface area contributed by atoms with Gasteiger partial charge in [-0.05, 0) is 83.5 Å². The van der Waals surface area contributed by atoms with Crippen molar-refractivity contribution < 1.29 is 55.2 Å². The SMILES string of the molecule is CO[Si](O[C@H]1C(=O)[C@@]2(C)C([C@H](OC(=O)c3ccccc3)[C@]3(O[SiH](C)C)C[C@H](O[Si](OC)(C(C)C)C(C)C)C(C)=C1C3(C)C)[C@]1(O)CO[C@@H]1C[C@@H]2O[Si](OC)(C(C)C)C(C)C)(C(C)C)C(C)C. The quantitative estimate of drug-likeness (QED) is 0.0802. The summed E-state index contributed by atoms with van der Waals surface area (Å²) in [5.74, 6) is -1.96. The van der Waals surface area contributed by atoms with Gasteiger partial charge in [0.15, 0.2) is 14.8 Å². The third-order valence-electron chi connectivity index (χ3n) is 16.7. The van der Waals surface area contributed by atoms with Crippen molar-refractivity contribution in [3.05, 3.63) is 47.0 Å². The number of ether oxygens (including phenoxy) is 2. The lowest BCUT2D eigenvalue weighted by Gasteiger charge is -2.69. The monoisotopic (exact) mass is 993 g/mol. The van der Waals surface area contributed by atoms with Gasteiger partial charge in [0.05, 0.1) is 35.9 Å². The van der Waals surface area contributed by atoms with Crippen LogP contribution >= 0.6 is 0 Å². The average Bonchev–Trinajstić information content (AvgIpc) is 3.23. The first-order valence-electron chi connectivity index (χ1n) is 24.7. The minimum absolute atomic E-state index is 0.0135. The molecule has 0 spiro atoms. The molecule has 66 heavy (non-hydrogen) atoms. The Balaban J connectivity index is 2.04. The fraction of sp³-hybridized carbons (Fsp3) is 0.800. The lowest BCUT2D eigenvalue weighted by atomic mass is 9.44. The number of hydrogen-bond acceptors (Lipinski definition) is 12. The van der Waals surface area contributed by atoms with Crippen LogP contribution in [0.25, 0.3) is 0 Å². The van der Waals surface area contributed by atoms with Crippen LogP contribution in [-0.2, 0) is 45.3 Å². The number of carbonyl (C=O) groups is 2. The van der Waals surface area contributed by atoms with Gasteiger partial charge < -0.3 is 45.6 Å². The first-order valence-corrected chi connectivity index (χ1v) is 33.4. The van der Waals surface area contributed by atoms with E-state index in [0.717, 1.165) is 11.1 Å². The maximum atomic E-state index is 17.2.